The maximum atomic E-state index is 11.9. The number of benzene rings is 2. The van der Waals surface area contributed by atoms with Crippen LogP contribution in [0.3, 0.4) is 0 Å². The van der Waals surface area contributed by atoms with Crippen molar-refractivity contribution in [2.24, 2.45) is 0 Å². The fourth-order valence-electron chi connectivity index (χ4n) is 1.95. The first-order valence-electron chi connectivity index (χ1n) is 6.86. The summed E-state index contributed by atoms with van der Waals surface area (Å²) < 4.78 is 15.6. The molecule has 2 rings (SSSR count). The topological polar surface area (TPSA) is 73.9 Å². The lowest BCUT2D eigenvalue weighted by molar-refractivity contribution is -0.118. The van der Waals surface area contributed by atoms with Gasteiger partial charge in [-0.2, -0.15) is 0 Å². The molecule has 0 unspecified atom stereocenters. The molecule has 0 spiro atoms. The smallest absolute Gasteiger partial charge is 0.262 e. The van der Waals surface area contributed by atoms with Crippen molar-refractivity contribution >= 4 is 17.9 Å². The number of hydrogen-bond acceptors (Lipinski definition) is 5. The fourth-order valence-corrected chi connectivity index (χ4v) is 1.95. The lowest BCUT2D eigenvalue weighted by atomic mass is 10.2. The number of rotatable bonds is 7. The minimum absolute atomic E-state index is 0.243. The first kappa shape index (κ1) is 16.4. The first-order chi connectivity index (χ1) is 11.2. The van der Waals surface area contributed by atoms with Crippen LogP contribution in [-0.2, 0) is 4.79 Å². The zero-order valence-electron chi connectivity index (χ0n) is 12.9. The van der Waals surface area contributed by atoms with Gasteiger partial charge in [0.15, 0.2) is 24.4 Å². The molecule has 2 aromatic carbocycles. The van der Waals surface area contributed by atoms with E-state index >= 15 is 0 Å². The molecule has 2 aromatic rings. The Hall–Kier alpha value is -3.02. The summed E-state index contributed by atoms with van der Waals surface area (Å²) in [6.07, 6.45) is 0.652. The highest BCUT2D eigenvalue weighted by Gasteiger charge is 2.12. The van der Waals surface area contributed by atoms with Crippen LogP contribution >= 0.6 is 0 Å². The summed E-state index contributed by atoms with van der Waals surface area (Å²) in [6.45, 7) is -0.243. The van der Waals surface area contributed by atoms with Gasteiger partial charge in [0.05, 0.1) is 19.8 Å². The van der Waals surface area contributed by atoms with Crippen LogP contribution in [0.15, 0.2) is 42.5 Å². The van der Waals surface area contributed by atoms with Crippen LogP contribution in [0.1, 0.15) is 10.4 Å². The highest BCUT2D eigenvalue weighted by Crippen LogP contribution is 2.29. The molecule has 120 valence electrons. The molecule has 0 aromatic heterocycles. The number of carbonyl (C=O) groups is 2. The van der Waals surface area contributed by atoms with Crippen LogP contribution in [0, 0.1) is 0 Å². The van der Waals surface area contributed by atoms with E-state index in [-0.39, 0.29) is 18.3 Å². The Balaban J connectivity index is 2.00. The van der Waals surface area contributed by atoms with Crippen LogP contribution in [0.25, 0.3) is 0 Å². The zero-order chi connectivity index (χ0) is 16.7. The Labute approximate surface area is 134 Å². The summed E-state index contributed by atoms with van der Waals surface area (Å²) in [6, 6.07) is 11.8. The standard InChI is InChI=1S/C17H17NO5/c1-21-14-8-6-13(7-9-14)18-16(20)11-23-17-12(10-19)4-3-5-15(17)22-2/h3-10H,11H2,1-2H3,(H,18,20). The van der Waals surface area contributed by atoms with Crippen LogP contribution < -0.4 is 19.5 Å². The summed E-state index contributed by atoms with van der Waals surface area (Å²) >= 11 is 0. The minimum Gasteiger partial charge on any atom is -0.497 e. The second kappa shape index (κ2) is 7.84. The van der Waals surface area contributed by atoms with Crippen molar-refractivity contribution in [1.82, 2.24) is 0 Å². The van der Waals surface area contributed by atoms with E-state index in [1.54, 1.807) is 49.6 Å². The molecule has 0 heterocycles. The van der Waals surface area contributed by atoms with Gasteiger partial charge in [0, 0.05) is 5.69 Å². The zero-order valence-corrected chi connectivity index (χ0v) is 12.9. The molecule has 0 saturated carbocycles. The summed E-state index contributed by atoms with van der Waals surface area (Å²) in [5, 5.41) is 2.69. The maximum absolute atomic E-state index is 11.9. The predicted octanol–water partition coefficient (Wildman–Crippen LogP) is 2.53. The van der Waals surface area contributed by atoms with Gasteiger partial charge in [0.2, 0.25) is 0 Å². The average Bonchev–Trinajstić information content (AvgIpc) is 2.60. The van der Waals surface area contributed by atoms with E-state index in [0.29, 0.717) is 29.0 Å². The number of nitrogens with one attached hydrogen (secondary N) is 1. The summed E-state index contributed by atoms with van der Waals surface area (Å²) in [5.74, 6) is 0.989. The third-order valence-corrected chi connectivity index (χ3v) is 3.08. The van der Waals surface area contributed by atoms with Crippen molar-refractivity contribution in [3.8, 4) is 17.2 Å². The van der Waals surface area contributed by atoms with Crippen molar-refractivity contribution in [3.63, 3.8) is 0 Å². The van der Waals surface area contributed by atoms with Crippen LogP contribution in [0.4, 0.5) is 5.69 Å². The van der Waals surface area contributed by atoms with E-state index < -0.39 is 0 Å². The van der Waals surface area contributed by atoms with E-state index in [2.05, 4.69) is 5.32 Å². The Morgan fingerprint density at radius 3 is 2.43 bits per heavy atom. The Morgan fingerprint density at radius 2 is 1.83 bits per heavy atom. The van der Waals surface area contributed by atoms with Gasteiger partial charge < -0.3 is 19.5 Å². The highest BCUT2D eigenvalue weighted by atomic mass is 16.5. The van der Waals surface area contributed by atoms with Gasteiger partial charge in [0.25, 0.3) is 5.91 Å². The summed E-state index contributed by atoms with van der Waals surface area (Å²) in [7, 11) is 3.04. The van der Waals surface area contributed by atoms with Gasteiger partial charge in [-0.1, -0.05) is 6.07 Å². The molecule has 6 nitrogen and oxygen atoms in total. The summed E-state index contributed by atoms with van der Waals surface area (Å²) in [5.41, 5.74) is 0.941. The van der Waals surface area contributed by atoms with Gasteiger partial charge in [-0.25, -0.2) is 0 Å². The second-order valence-corrected chi connectivity index (χ2v) is 4.56. The van der Waals surface area contributed by atoms with Gasteiger partial charge >= 0.3 is 0 Å². The number of amides is 1. The molecule has 0 aliphatic carbocycles. The van der Waals surface area contributed by atoms with E-state index in [9.17, 15) is 9.59 Å². The fraction of sp³-hybridized carbons (Fsp3) is 0.176. The quantitative estimate of drug-likeness (QED) is 0.795. The minimum atomic E-state index is -0.349. The van der Waals surface area contributed by atoms with Crippen molar-refractivity contribution in [2.45, 2.75) is 0 Å². The molecule has 0 aliphatic heterocycles. The number of hydrogen-bond donors (Lipinski definition) is 1. The SMILES string of the molecule is COc1ccc(NC(=O)COc2c(C=O)cccc2OC)cc1. The Morgan fingerprint density at radius 1 is 1.09 bits per heavy atom. The lowest BCUT2D eigenvalue weighted by Gasteiger charge is -2.12. The maximum Gasteiger partial charge on any atom is 0.262 e. The third kappa shape index (κ3) is 4.23. The molecule has 0 aliphatic rings. The number of para-hydroxylation sites is 1. The molecule has 0 atom stereocenters. The van der Waals surface area contributed by atoms with E-state index in [4.69, 9.17) is 14.2 Å². The average molecular weight is 315 g/mol. The molecule has 0 radical (unpaired) electrons. The number of carbonyl (C=O) groups excluding carboxylic acids is 2. The van der Waals surface area contributed by atoms with Crippen molar-refractivity contribution in [2.75, 3.05) is 26.1 Å². The van der Waals surface area contributed by atoms with E-state index in [1.165, 1.54) is 7.11 Å². The molecule has 1 N–H and O–H groups in total. The lowest BCUT2D eigenvalue weighted by Crippen LogP contribution is -2.20. The summed E-state index contributed by atoms with van der Waals surface area (Å²) in [4.78, 5) is 23.0. The molecule has 6 heteroatoms. The van der Waals surface area contributed by atoms with Crippen LogP contribution in [0.2, 0.25) is 0 Å². The monoisotopic (exact) mass is 315 g/mol. The number of methoxy groups -OCH3 is 2. The first-order valence-corrected chi connectivity index (χ1v) is 6.86. The molecular weight excluding hydrogens is 298 g/mol. The van der Waals surface area contributed by atoms with E-state index in [0.717, 1.165) is 0 Å². The molecule has 0 saturated heterocycles. The van der Waals surface area contributed by atoms with Gasteiger partial charge in [-0.05, 0) is 36.4 Å². The number of anilines is 1. The van der Waals surface area contributed by atoms with Crippen molar-refractivity contribution in [3.05, 3.63) is 48.0 Å². The van der Waals surface area contributed by atoms with Gasteiger partial charge in [-0.15, -0.1) is 0 Å². The number of ether oxygens (including phenoxy) is 3. The molecule has 23 heavy (non-hydrogen) atoms. The molecule has 1 amide bonds. The third-order valence-electron chi connectivity index (χ3n) is 3.08. The Bertz CT molecular complexity index is 682. The van der Waals surface area contributed by atoms with Crippen molar-refractivity contribution in [1.29, 1.82) is 0 Å². The highest BCUT2D eigenvalue weighted by molar-refractivity contribution is 5.92. The predicted molar refractivity (Wildman–Crippen MR) is 85.5 cm³/mol. The van der Waals surface area contributed by atoms with Crippen LogP contribution in [-0.4, -0.2) is 33.0 Å². The van der Waals surface area contributed by atoms with Gasteiger partial charge in [0.1, 0.15) is 5.75 Å². The largest absolute Gasteiger partial charge is 0.497 e. The van der Waals surface area contributed by atoms with Crippen LogP contribution in [0.5, 0.6) is 17.2 Å². The number of aldehydes is 1. The normalized spacial score (nSPS) is 9.83. The molecule has 0 fully saturated rings. The Kier molecular flexibility index (Phi) is 5.57. The van der Waals surface area contributed by atoms with Crippen molar-refractivity contribution < 1.29 is 23.8 Å². The molecular formula is C17H17NO5. The molecule has 0 bridgehead atoms. The van der Waals surface area contributed by atoms with E-state index in [1.807, 2.05) is 0 Å². The second-order valence-electron chi connectivity index (χ2n) is 4.56. The van der Waals surface area contributed by atoms with Gasteiger partial charge in [-0.3, -0.25) is 9.59 Å².